The average molecular weight is 511 g/mol. The summed E-state index contributed by atoms with van der Waals surface area (Å²) in [4.78, 5) is 30.3. The molecule has 7 nitrogen and oxygen atoms in total. The standard InChI is InChI=1S/C28H38N4O3S/c1-5-19-20-10-9-18(12-21(20)24-17(4)13-30-28(35)25(19)24)26(33)32-23-15-36-14-22(31-23)27(34)29-11-7-6-8-16(2)3/h9-10,12,14,16-17,19,27,29,34H,5-8,11,13,15H2,1-4H3,(H,30,35)(H,31,32,33). The van der Waals surface area contributed by atoms with Gasteiger partial charge in [0.25, 0.3) is 5.91 Å². The zero-order chi connectivity index (χ0) is 25.8. The normalized spacial score (nSPS) is 22.0. The Kier molecular flexibility index (Phi) is 8.70. The van der Waals surface area contributed by atoms with Crippen LogP contribution in [-0.4, -0.2) is 47.8 Å². The van der Waals surface area contributed by atoms with Gasteiger partial charge in [-0.15, -0.1) is 11.8 Å². The molecular weight excluding hydrogens is 472 g/mol. The first-order chi connectivity index (χ1) is 17.3. The van der Waals surface area contributed by atoms with E-state index in [1.807, 2.05) is 23.6 Å². The second-order valence-corrected chi connectivity index (χ2v) is 11.2. The Hall–Kier alpha value is -2.42. The number of nitrogens with one attached hydrogen (secondary N) is 3. The molecule has 0 aromatic heterocycles. The lowest BCUT2D eigenvalue weighted by atomic mass is 9.88. The molecule has 194 valence electrons. The predicted octanol–water partition coefficient (Wildman–Crippen LogP) is 4.16. The maximum atomic E-state index is 13.2. The molecule has 0 fully saturated rings. The van der Waals surface area contributed by atoms with Gasteiger partial charge in [0.05, 0.1) is 11.4 Å². The molecule has 2 heterocycles. The predicted molar refractivity (Wildman–Crippen MR) is 147 cm³/mol. The molecule has 1 aromatic carbocycles. The van der Waals surface area contributed by atoms with E-state index in [9.17, 15) is 14.7 Å². The molecule has 8 heteroatoms. The van der Waals surface area contributed by atoms with E-state index in [1.54, 1.807) is 0 Å². The largest absolute Gasteiger partial charge is 0.373 e. The van der Waals surface area contributed by atoms with Crippen molar-refractivity contribution in [2.75, 3.05) is 18.8 Å². The van der Waals surface area contributed by atoms with Crippen LogP contribution in [-0.2, 0) is 4.79 Å². The second kappa shape index (κ2) is 11.8. The molecule has 1 aromatic rings. The number of hydrogen-bond donors (Lipinski definition) is 4. The Bertz CT molecular complexity index is 1110. The van der Waals surface area contributed by atoms with Gasteiger partial charge in [-0.2, -0.15) is 0 Å². The molecule has 0 saturated heterocycles. The number of aliphatic hydroxyl groups excluding tert-OH is 1. The molecular formula is C28H38N4O3S. The molecule has 4 N–H and O–H groups in total. The summed E-state index contributed by atoms with van der Waals surface area (Å²) in [6.45, 7) is 9.97. The molecule has 0 bridgehead atoms. The van der Waals surface area contributed by atoms with E-state index in [4.69, 9.17) is 0 Å². The van der Waals surface area contributed by atoms with Gasteiger partial charge in [0, 0.05) is 23.6 Å². The van der Waals surface area contributed by atoms with Crippen molar-refractivity contribution in [1.82, 2.24) is 16.0 Å². The van der Waals surface area contributed by atoms with Gasteiger partial charge in [-0.05, 0) is 65.5 Å². The first-order valence-corrected chi connectivity index (χ1v) is 14.1. The number of thioether (sulfide) groups is 1. The summed E-state index contributed by atoms with van der Waals surface area (Å²) in [5, 5.41) is 21.4. The quantitative estimate of drug-likeness (QED) is 0.295. The molecule has 0 radical (unpaired) electrons. The van der Waals surface area contributed by atoms with Gasteiger partial charge in [0.15, 0.2) is 0 Å². The van der Waals surface area contributed by atoms with Crippen LogP contribution < -0.4 is 16.0 Å². The van der Waals surface area contributed by atoms with Gasteiger partial charge >= 0.3 is 0 Å². The molecule has 3 atom stereocenters. The number of hydrogen-bond acceptors (Lipinski definition) is 6. The van der Waals surface area contributed by atoms with Crippen LogP contribution in [0.15, 0.2) is 39.9 Å². The number of rotatable bonds is 9. The number of carbonyl (C=O) groups excluding carboxylic acids is 2. The van der Waals surface area contributed by atoms with Gasteiger partial charge in [-0.25, -0.2) is 4.99 Å². The summed E-state index contributed by atoms with van der Waals surface area (Å²) < 4.78 is 0. The summed E-state index contributed by atoms with van der Waals surface area (Å²) in [5.74, 6) is 1.80. The number of benzene rings is 1. The molecule has 4 rings (SSSR count). The minimum atomic E-state index is -0.862. The lowest BCUT2D eigenvalue weighted by molar-refractivity contribution is -0.118. The first-order valence-electron chi connectivity index (χ1n) is 13.1. The SMILES string of the molecule is CCC1C2=C(c3cc(C(=O)NC4=NC(C(O)NCCCCC(C)C)=CSC4)ccc31)C(C)CNC2=O. The van der Waals surface area contributed by atoms with Crippen molar-refractivity contribution in [3.05, 3.63) is 51.6 Å². The summed E-state index contributed by atoms with van der Waals surface area (Å²) in [6.07, 6.45) is 3.28. The van der Waals surface area contributed by atoms with Gasteiger partial charge in [0.1, 0.15) is 12.1 Å². The van der Waals surface area contributed by atoms with Crippen molar-refractivity contribution in [3.63, 3.8) is 0 Å². The van der Waals surface area contributed by atoms with Gasteiger partial charge in [0.2, 0.25) is 5.91 Å². The summed E-state index contributed by atoms with van der Waals surface area (Å²) in [7, 11) is 0. The van der Waals surface area contributed by atoms with Gasteiger partial charge in [-0.1, -0.05) is 46.6 Å². The number of fused-ring (bicyclic) bond motifs is 2. The van der Waals surface area contributed by atoms with Crippen LogP contribution in [0.2, 0.25) is 0 Å². The van der Waals surface area contributed by atoms with E-state index in [-0.39, 0.29) is 23.7 Å². The smallest absolute Gasteiger partial charge is 0.256 e. The van der Waals surface area contributed by atoms with Gasteiger partial charge < -0.3 is 15.7 Å². The Morgan fingerprint density at radius 1 is 1.28 bits per heavy atom. The minimum absolute atomic E-state index is 0.0112. The van der Waals surface area contributed by atoms with Crippen molar-refractivity contribution in [2.45, 2.75) is 65.5 Å². The zero-order valence-electron chi connectivity index (χ0n) is 21.7. The summed E-state index contributed by atoms with van der Waals surface area (Å²) >= 11 is 1.50. The highest BCUT2D eigenvalue weighted by molar-refractivity contribution is 8.02. The van der Waals surface area contributed by atoms with Crippen LogP contribution in [0.5, 0.6) is 0 Å². The molecule has 36 heavy (non-hydrogen) atoms. The third-order valence-corrected chi connectivity index (χ3v) is 7.95. The number of carbonyl (C=O) groups is 2. The third-order valence-electron chi connectivity index (χ3n) is 7.11. The van der Waals surface area contributed by atoms with Gasteiger partial charge in [-0.3, -0.25) is 14.9 Å². The molecule has 2 aliphatic heterocycles. The van der Waals surface area contributed by atoms with E-state index in [1.165, 1.54) is 18.2 Å². The Balaban J connectivity index is 1.43. The lowest BCUT2D eigenvalue weighted by Crippen LogP contribution is -2.36. The molecule has 3 aliphatic rings. The fraction of sp³-hybridized carbons (Fsp3) is 0.536. The highest BCUT2D eigenvalue weighted by Crippen LogP contribution is 2.48. The van der Waals surface area contributed by atoms with Crippen molar-refractivity contribution >= 4 is 35.0 Å². The van der Waals surface area contributed by atoms with Crippen LogP contribution >= 0.6 is 11.8 Å². The Labute approximate surface area is 218 Å². The maximum absolute atomic E-state index is 13.2. The third kappa shape index (κ3) is 5.76. The van der Waals surface area contributed by atoms with Crippen LogP contribution in [0.1, 0.15) is 80.8 Å². The molecule has 1 aliphatic carbocycles. The minimum Gasteiger partial charge on any atom is -0.373 e. The van der Waals surface area contributed by atoms with Crippen molar-refractivity contribution in [3.8, 4) is 0 Å². The van der Waals surface area contributed by atoms with Crippen molar-refractivity contribution < 1.29 is 14.7 Å². The number of aliphatic hydroxyl groups is 1. The molecule has 2 amide bonds. The fourth-order valence-electron chi connectivity index (χ4n) is 5.24. The second-order valence-electron chi connectivity index (χ2n) is 10.3. The Morgan fingerprint density at radius 2 is 2.08 bits per heavy atom. The zero-order valence-corrected chi connectivity index (χ0v) is 22.5. The van der Waals surface area contributed by atoms with E-state index < -0.39 is 6.23 Å². The van der Waals surface area contributed by atoms with E-state index in [0.29, 0.717) is 35.3 Å². The van der Waals surface area contributed by atoms with E-state index in [0.717, 1.165) is 48.1 Å². The first kappa shape index (κ1) is 26.6. The highest BCUT2D eigenvalue weighted by atomic mass is 32.2. The summed E-state index contributed by atoms with van der Waals surface area (Å²) in [6, 6.07) is 5.75. The number of amides is 2. The summed E-state index contributed by atoms with van der Waals surface area (Å²) in [5.41, 5.74) is 5.14. The van der Waals surface area contributed by atoms with Crippen molar-refractivity contribution in [2.24, 2.45) is 16.8 Å². The molecule has 0 saturated carbocycles. The monoisotopic (exact) mass is 510 g/mol. The number of aliphatic imine (C=N–C) groups is 1. The Morgan fingerprint density at radius 3 is 2.83 bits per heavy atom. The highest BCUT2D eigenvalue weighted by Gasteiger charge is 2.39. The van der Waals surface area contributed by atoms with E-state index >= 15 is 0 Å². The topological polar surface area (TPSA) is 103 Å². The van der Waals surface area contributed by atoms with Crippen molar-refractivity contribution in [1.29, 1.82) is 0 Å². The van der Waals surface area contributed by atoms with E-state index in [2.05, 4.69) is 48.6 Å². The number of nitrogens with zero attached hydrogens (tertiary/aromatic N) is 1. The van der Waals surface area contributed by atoms with Crippen LogP contribution in [0.3, 0.4) is 0 Å². The maximum Gasteiger partial charge on any atom is 0.256 e. The van der Waals surface area contributed by atoms with Crippen LogP contribution in [0.25, 0.3) is 5.57 Å². The average Bonchev–Trinajstić information content (AvgIpc) is 3.20. The molecule has 3 unspecified atom stereocenters. The van der Waals surface area contributed by atoms with Crippen LogP contribution in [0.4, 0.5) is 0 Å². The lowest BCUT2D eigenvalue weighted by Gasteiger charge is -2.24. The number of amidine groups is 1. The number of unbranched alkanes of at least 4 members (excludes halogenated alkanes) is 1. The molecule has 0 spiro atoms. The van der Waals surface area contributed by atoms with Crippen LogP contribution in [0, 0.1) is 11.8 Å². The fourth-order valence-corrected chi connectivity index (χ4v) is 5.97.